The van der Waals surface area contributed by atoms with Crippen LogP contribution in [0.5, 0.6) is 0 Å². The maximum Gasteiger partial charge on any atom is 0.409 e. The molecule has 3 aromatic carbocycles. The molecule has 0 fully saturated rings. The van der Waals surface area contributed by atoms with Gasteiger partial charge in [-0.3, -0.25) is 4.79 Å². The molecule has 0 spiro atoms. The lowest BCUT2D eigenvalue weighted by molar-refractivity contribution is 0.0979. The van der Waals surface area contributed by atoms with Crippen LogP contribution in [-0.4, -0.2) is 12.9 Å². The Hall–Kier alpha value is -2.75. The third-order valence-electron chi connectivity index (χ3n) is 3.88. The van der Waals surface area contributed by atoms with Gasteiger partial charge in [0, 0.05) is 5.69 Å². The zero-order valence-corrected chi connectivity index (χ0v) is 11.3. The highest BCUT2D eigenvalue weighted by Crippen LogP contribution is 2.19. The lowest BCUT2D eigenvalue weighted by Crippen LogP contribution is -2.57. The minimum Gasteiger partial charge on any atom is -0.405 e. The second-order valence-corrected chi connectivity index (χ2v) is 5.16. The Morgan fingerprint density at radius 1 is 0.762 bits per heavy atom. The molecule has 1 heterocycles. The van der Waals surface area contributed by atoms with Crippen molar-refractivity contribution < 1.29 is 4.79 Å². The molecule has 0 saturated carbocycles. The van der Waals surface area contributed by atoms with Crippen molar-refractivity contribution in [3.05, 3.63) is 72.3 Å². The van der Waals surface area contributed by atoms with E-state index in [1.807, 2.05) is 48.5 Å². The first kappa shape index (κ1) is 12.0. The van der Waals surface area contributed by atoms with Crippen LogP contribution in [0, 0.1) is 0 Å². The van der Waals surface area contributed by atoms with Crippen molar-refractivity contribution in [2.75, 3.05) is 5.23 Å². The fourth-order valence-corrected chi connectivity index (χ4v) is 2.87. The van der Waals surface area contributed by atoms with E-state index >= 15 is 0 Å². The van der Waals surface area contributed by atoms with E-state index < -0.39 is 0 Å². The third-order valence-corrected chi connectivity index (χ3v) is 3.88. The van der Waals surface area contributed by atoms with Crippen molar-refractivity contribution in [1.29, 1.82) is 0 Å². The number of rotatable bonds is 1. The molecule has 0 atom stereocenters. The Labute approximate surface area is 123 Å². The highest BCUT2D eigenvalue weighted by Gasteiger charge is 2.29. The number of hydrogen-bond acceptors (Lipinski definition) is 2. The van der Waals surface area contributed by atoms with Gasteiger partial charge in [-0.25, -0.2) is 0 Å². The van der Waals surface area contributed by atoms with Crippen LogP contribution in [0.3, 0.4) is 0 Å². The van der Waals surface area contributed by atoms with Gasteiger partial charge in [0.15, 0.2) is 0 Å². The number of nitrogens with one attached hydrogen (secondary N) is 2. The second kappa shape index (κ2) is 4.67. The van der Waals surface area contributed by atoms with E-state index in [0.717, 1.165) is 16.5 Å². The van der Waals surface area contributed by atoms with Crippen molar-refractivity contribution >= 4 is 34.8 Å². The Balaban J connectivity index is 1.83. The number of amides is 1. The summed E-state index contributed by atoms with van der Waals surface area (Å²) in [6.45, 7) is -0.210. The minimum absolute atomic E-state index is 0.0396. The average Bonchev–Trinajstić information content (AvgIpc) is 2.54. The van der Waals surface area contributed by atoms with E-state index in [1.165, 1.54) is 5.39 Å². The van der Waals surface area contributed by atoms with Crippen molar-refractivity contribution in [1.82, 2.24) is 5.23 Å². The predicted octanol–water partition coefficient (Wildman–Crippen LogP) is 2.39. The molecule has 2 N–H and O–H groups in total. The first-order valence-corrected chi connectivity index (χ1v) is 6.97. The largest absolute Gasteiger partial charge is 0.409 e. The van der Waals surface area contributed by atoms with E-state index in [0.29, 0.717) is 5.56 Å². The fourth-order valence-electron chi connectivity index (χ4n) is 2.87. The molecular weight excluding hydrogens is 259 g/mol. The first-order valence-electron chi connectivity index (χ1n) is 6.97. The molecule has 1 aliphatic rings. The lowest BCUT2D eigenvalue weighted by atomic mass is 9.64. The highest BCUT2D eigenvalue weighted by molar-refractivity contribution is 6.79. The molecule has 1 aliphatic heterocycles. The molecule has 0 saturated heterocycles. The summed E-state index contributed by atoms with van der Waals surface area (Å²) in [6, 6.07) is 21.9. The summed E-state index contributed by atoms with van der Waals surface area (Å²) in [5, 5.41) is 8.76. The van der Waals surface area contributed by atoms with Gasteiger partial charge in [-0.05, 0) is 28.4 Å². The molecule has 4 heteroatoms. The number of benzene rings is 3. The van der Waals surface area contributed by atoms with Gasteiger partial charge >= 0.3 is 6.98 Å². The van der Waals surface area contributed by atoms with Crippen LogP contribution in [0.1, 0.15) is 10.4 Å². The van der Waals surface area contributed by atoms with Crippen LogP contribution < -0.4 is 15.9 Å². The average molecular weight is 272 g/mol. The van der Waals surface area contributed by atoms with E-state index in [9.17, 15) is 4.79 Å². The van der Waals surface area contributed by atoms with Crippen molar-refractivity contribution in [2.45, 2.75) is 0 Å². The Morgan fingerprint density at radius 2 is 1.52 bits per heavy atom. The molecule has 100 valence electrons. The Bertz CT molecular complexity index is 842. The maximum atomic E-state index is 12.3. The molecule has 0 radical (unpaired) electrons. The molecule has 3 aromatic rings. The minimum atomic E-state index is -0.210. The molecule has 3 nitrogen and oxygen atoms in total. The van der Waals surface area contributed by atoms with Crippen LogP contribution in [0.2, 0.25) is 0 Å². The molecule has 0 unspecified atom stereocenters. The van der Waals surface area contributed by atoms with Crippen molar-refractivity contribution in [3.63, 3.8) is 0 Å². The van der Waals surface area contributed by atoms with Crippen LogP contribution in [0.15, 0.2) is 66.7 Å². The molecule has 0 bridgehead atoms. The normalized spacial score (nSPS) is 13.5. The fraction of sp³-hybridized carbons (Fsp3) is 0. The topological polar surface area (TPSA) is 41.1 Å². The van der Waals surface area contributed by atoms with E-state index in [1.54, 1.807) is 0 Å². The number of anilines is 1. The number of hydrogen-bond donors (Lipinski definition) is 2. The summed E-state index contributed by atoms with van der Waals surface area (Å²) in [6.07, 6.45) is 0. The summed E-state index contributed by atoms with van der Waals surface area (Å²) in [4.78, 5) is 12.3. The van der Waals surface area contributed by atoms with Crippen molar-refractivity contribution in [2.24, 2.45) is 0 Å². The molecule has 1 amide bonds. The quantitative estimate of drug-likeness (QED) is 0.668. The van der Waals surface area contributed by atoms with E-state index in [-0.39, 0.29) is 12.9 Å². The standard InChI is InChI=1S/C17H13BN2O/c21-17-14-9-3-4-11-16(14)19-18(20-17)15-10-5-7-12-6-1-2-8-13(12)15/h1-11,19H,(H,20,21). The van der Waals surface area contributed by atoms with Crippen LogP contribution in [0.4, 0.5) is 5.69 Å². The van der Waals surface area contributed by atoms with Crippen LogP contribution in [0.25, 0.3) is 10.8 Å². The van der Waals surface area contributed by atoms with Gasteiger partial charge < -0.3 is 10.5 Å². The van der Waals surface area contributed by atoms with Crippen LogP contribution >= 0.6 is 0 Å². The molecule has 21 heavy (non-hydrogen) atoms. The van der Waals surface area contributed by atoms with E-state index in [4.69, 9.17) is 0 Å². The summed E-state index contributed by atoms with van der Waals surface area (Å²) < 4.78 is 0. The Kier molecular flexibility index (Phi) is 2.67. The third kappa shape index (κ3) is 1.96. The van der Waals surface area contributed by atoms with Crippen LogP contribution in [-0.2, 0) is 0 Å². The van der Waals surface area contributed by atoms with Gasteiger partial charge in [-0.15, -0.1) is 0 Å². The highest BCUT2D eigenvalue weighted by atomic mass is 16.1. The SMILES string of the molecule is O=C1NB(c2cccc3ccccc23)Nc2ccccc21. The molecular formula is C17H13BN2O. The summed E-state index contributed by atoms with van der Waals surface area (Å²) in [5.41, 5.74) is 2.64. The zero-order valence-electron chi connectivity index (χ0n) is 11.3. The van der Waals surface area contributed by atoms with Gasteiger partial charge in [-0.1, -0.05) is 54.6 Å². The molecule has 0 aliphatic carbocycles. The smallest absolute Gasteiger partial charge is 0.405 e. The van der Waals surface area contributed by atoms with Gasteiger partial charge in [0.2, 0.25) is 5.91 Å². The number of fused-ring (bicyclic) bond motifs is 2. The van der Waals surface area contributed by atoms with E-state index in [2.05, 4.69) is 28.7 Å². The number of carbonyl (C=O) groups excluding carboxylic acids is 1. The summed E-state index contributed by atoms with van der Waals surface area (Å²) in [5.74, 6) is -0.0396. The first-order chi connectivity index (χ1) is 10.3. The predicted molar refractivity (Wildman–Crippen MR) is 86.9 cm³/mol. The summed E-state index contributed by atoms with van der Waals surface area (Å²) in [7, 11) is 0. The van der Waals surface area contributed by atoms with Gasteiger partial charge in [0.25, 0.3) is 0 Å². The second-order valence-electron chi connectivity index (χ2n) is 5.16. The van der Waals surface area contributed by atoms with Gasteiger partial charge in [-0.2, -0.15) is 0 Å². The maximum absolute atomic E-state index is 12.3. The Morgan fingerprint density at radius 3 is 2.48 bits per heavy atom. The van der Waals surface area contributed by atoms with Gasteiger partial charge in [0.05, 0.1) is 5.56 Å². The summed E-state index contributed by atoms with van der Waals surface area (Å²) >= 11 is 0. The lowest BCUT2D eigenvalue weighted by Gasteiger charge is -2.25. The number of carbonyl (C=O) groups is 1. The van der Waals surface area contributed by atoms with Crippen molar-refractivity contribution in [3.8, 4) is 0 Å². The zero-order chi connectivity index (χ0) is 14.2. The molecule has 0 aromatic heterocycles. The van der Waals surface area contributed by atoms with Gasteiger partial charge in [0.1, 0.15) is 0 Å². The number of para-hydroxylation sites is 1. The molecule has 4 rings (SSSR count). The monoisotopic (exact) mass is 272 g/mol.